The zero-order valence-corrected chi connectivity index (χ0v) is 16.2. The summed E-state index contributed by atoms with van der Waals surface area (Å²) in [5.41, 5.74) is 1.93. The zero-order chi connectivity index (χ0) is 20.3. The molecule has 1 amide bonds. The second kappa shape index (κ2) is 7.87. The van der Waals surface area contributed by atoms with Crippen molar-refractivity contribution in [3.05, 3.63) is 103 Å². The number of anilines is 1. The number of aromatic nitrogens is 2. The first-order valence-electron chi connectivity index (χ1n) is 8.95. The minimum Gasteiger partial charge on any atom is -0.336 e. The number of imidazole rings is 1. The highest BCUT2D eigenvalue weighted by molar-refractivity contribution is 7.73. The van der Waals surface area contributed by atoms with E-state index in [1.54, 1.807) is 89.6 Å². The van der Waals surface area contributed by atoms with Gasteiger partial charge in [-0.2, -0.15) is 0 Å². The number of nitrogens with one attached hydrogen (secondary N) is 1. The van der Waals surface area contributed by atoms with Crippen LogP contribution >= 0.6 is 7.37 Å². The lowest BCUT2D eigenvalue weighted by Crippen LogP contribution is -2.24. The average molecular weight is 403 g/mol. The van der Waals surface area contributed by atoms with Gasteiger partial charge in [0, 0.05) is 34.6 Å². The fourth-order valence-electron chi connectivity index (χ4n) is 2.97. The molecule has 0 aliphatic carbocycles. The molecule has 0 radical (unpaired) electrons. The summed E-state index contributed by atoms with van der Waals surface area (Å²) in [7, 11) is -3.84. The fourth-order valence-corrected chi connectivity index (χ4v) is 4.47. The summed E-state index contributed by atoms with van der Waals surface area (Å²) in [5, 5.41) is 3.15. The molecule has 6 nitrogen and oxygen atoms in total. The number of benzene rings is 3. The van der Waals surface area contributed by atoms with Gasteiger partial charge in [0.05, 0.1) is 0 Å². The average Bonchev–Trinajstić information content (AvgIpc) is 3.26. The maximum atomic E-state index is 13.1. The molecule has 0 fully saturated rings. The van der Waals surface area contributed by atoms with E-state index in [2.05, 4.69) is 10.3 Å². The smallest absolute Gasteiger partial charge is 0.293 e. The highest BCUT2D eigenvalue weighted by Crippen LogP contribution is 2.37. The Bertz CT molecular complexity index is 1170. The Hall–Kier alpha value is -3.47. The van der Waals surface area contributed by atoms with E-state index in [1.165, 1.54) is 6.20 Å². The lowest BCUT2D eigenvalue weighted by molar-refractivity contribution is 0.102. The van der Waals surface area contributed by atoms with Gasteiger partial charge >= 0.3 is 0 Å². The van der Waals surface area contributed by atoms with Gasteiger partial charge in [0.25, 0.3) is 13.3 Å². The predicted octanol–water partition coefficient (Wildman–Crippen LogP) is 3.35. The predicted molar refractivity (Wildman–Crippen MR) is 113 cm³/mol. The van der Waals surface area contributed by atoms with E-state index in [1.807, 2.05) is 6.07 Å². The number of hydrogen-bond donors (Lipinski definition) is 2. The lowest BCUT2D eigenvalue weighted by atomic mass is 10.2. The van der Waals surface area contributed by atoms with Crippen LogP contribution in [0, 0.1) is 0 Å². The molecule has 4 rings (SSSR count). The monoisotopic (exact) mass is 403 g/mol. The van der Waals surface area contributed by atoms with Crippen molar-refractivity contribution < 1.29 is 14.3 Å². The fraction of sp³-hybridized carbons (Fsp3) is 0. The molecule has 29 heavy (non-hydrogen) atoms. The van der Waals surface area contributed by atoms with Gasteiger partial charge < -0.3 is 10.2 Å². The number of amides is 1. The van der Waals surface area contributed by atoms with Crippen molar-refractivity contribution >= 4 is 29.8 Å². The molecule has 4 aromatic rings. The SMILES string of the molecule is O=C(Nc1ccc(-n2ccnc2P(=O)(O)c2ccccc2)cc1)c1ccccc1. The Morgan fingerprint density at radius 3 is 2.17 bits per heavy atom. The Morgan fingerprint density at radius 1 is 0.897 bits per heavy atom. The van der Waals surface area contributed by atoms with Crippen molar-refractivity contribution in [1.82, 2.24) is 9.55 Å². The number of nitrogens with zero attached hydrogens (tertiary/aromatic N) is 2. The van der Waals surface area contributed by atoms with E-state index >= 15 is 0 Å². The summed E-state index contributed by atoms with van der Waals surface area (Å²) in [6.07, 6.45) is 3.13. The van der Waals surface area contributed by atoms with Crippen LogP contribution in [0.4, 0.5) is 5.69 Å². The molecule has 1 atom stereocenters. The van der Waals surface area contributed by atoms with Crippen LogP contribution < -0.4 is 16.2 Å². The summed E-state index contributed by atoms with van der Waals surface area (Å²) in [6, 6.07) is 24.4. The zero-order valence-electron chi connectivity index (χ0n) is 15.3. The molecule has 0 bridgehead atoms. The lowest BCUT2D eigenvalue weighted by Gasteiger charge is -2.14. The van der Waals surface area contributed by atoms with E-state index in [-0.39, 0.29) is 11.5 Å². The highest BCUT2D eigenvalue weighted by Gasteiger charge is 2.29. The number of carbonyl (C=O) groups is 1. The van der Waals surface area contributed by atoms with Gasteiger partial charge in [-0.3, -0.25) is 13.9 Å². The first-order chi connectivity index (χ1) is 14.1. The molecule has 1 unspecified atom stereocenters. The van der Waals surface area contributed by atoms with Gasteiger partial charge in [-0.05, 0) is 48.5 Å². The quantitative estimate of drug-likeness (QED) is 0.501. The standard InChI is InChI=1S/C22H18N3O3P/c26-21(17-7-3-1-4-8-17)24-18-11-13-19(14-12-18)25-16-15-23-22(25)29(27,28)20-9-5-2-6-10-20/h1-16H,(H,24,26)(H,27,28). The molecule has 3 aromatic carbocycles. The summed E-state index contributed by atoms with van der Waals surface area (Å²) in [5.74, 6) is -0.203. The molecule has 0 saturated heterocycles. The van der Waals surface area contributed by atoms with Gasteiger partial charge in [-0.1, -0.05) is 36.4 Å². The summed E-state index contributed by atoms with van der Waals surface area (Å²) in [6.45, 7) is 0. The van der Waals surface area contributed by atoms with E-state index in [4.69, 9.17) is 0 Å². The molecular weight excluding hydrogens is 385 g/mol. The molecule has 7 heteroatoms. The maximum Gasteiger partial charge on any atom is 0.293 e. The van der Waals surface area contributed by atoms with Crippen LogP contribution in [0.3, 0.4) is 0 Å². The van der Waals surface area contributed by atoms with Crippen molar-refractivity contribution in [3.8, 4) is 5.69 Å². The first-order valence-corrected chi connectivity index (χ1v) is 10.6. The summed E-state index contributed by atoms with van der Waals surface area (Å²) in [4.78, 5) is 27.1. The van der Waals surface area contributed by atoms with Crippen molar-refractivity contribution in [2.24, 2.45) is 0 Å². The molecule has 0 aliphatic rings. The third kappa shape index (κ3) is 3.90. The van der Waals surface area contributed by atoms with Gasteiger partial charge in [-0.15, -0.1) is 0 Å². The Balaban J connectivity index is 1.59. The summed E-state index contributed by atoms with van der Waals surface area (Å²) < 4.78 is 14.6. The summed E-state index contributed by atoms with van der Waals surface area (Å²) >= 11 is 0. The van der Waals surface area contributed by atoms with Crippen LogP contribution in [-0.2, 0) is 4.57 Å². The molecular formula is C22H18N3O3P. The van der Waals surface area contributed by atoms with Gasteiger partial charge in [0.15, 0.2) is 0 Å². The highest BCUT2D eigenvalue weighted by atomic mass is 31.2. The third-order valence-electron chi connectivity index (χ3n) is 4.44. The molecule has 0 saturated carbocycles. The van der Waals surface area contributed by atoms with E-state index in [0.717, 1.165) is 0 Å². The van der Waals surface area contributed by atoms with Crippen molar-refractivity contribution in [2.45, 2.75) is 0 Å². The first kappa shape index (κ1) is 18.9. The number of carbonyl (C=O) groups excluding carboxylic acids is 1. The molecule has 1 heterocycles. The molecule has 2 N–H and O–H groups in total. The second-order valence-corrected chi connectivity index (χ2v) is 8.44. The van der Waals surface area contributed by atoms with E-state index in [9.17, 15) is 14.3 Å². The minimum absolute atomic E-state index is 0.0739. The molecule has 0 aliphatic heterocycles. The molecule has 144 valence electrons. The number of rotatable bonds is 5. The van der Waals surface area contributed by atoms with Crippen LogP contribution in [0.2, 0.25) is 0 Å². The minimum atomic E-state index is -3.84. The van der Waals surface area contributed by atoms with Crippen LogP contribution in [-0.4, -0.2) is 20.4 Å². The van der Waals surface area contributed by atoms with Gasteiger partial charge in [0.1, 0.15) is 0 Å². The Kier molecular flexibility index (Phi) is 5.12. The van der Waals surface area contributed by atoms with Crippen LogP contribution in [0.25, 0.3) is 5.69 Å². The molecule has 1 aromatic heterocycles. The van der Waals surface area contributed by atoms with Crippen LogP contribution in [0.1, 0.15) is 10.4 Å². The van der Waals surface area contributed by atoms with Crippen molar-refractivity contribution in [2.75, 3.05) is 5.32 Å². The topological polar surface area (TPSA) is 84.2 Å². The van der Waals surface area contributed by atoms with Crippen molar-refractivity contribution in [1.29, 1.82) is 0 Å². The second-order valence-electron chi connectivity index (χ2n) is 6.38. The molecule has 0 spiro atoms. The van der Waals surface area contributed by atoms with Crippen LogP contribution in [0.15, 0.2) is 97.3 Å². The Labute approximate surface area is 167 Å². The number of hydrogen-bond acceptors (Lipinski definition) is 3. The largest absolute Gasteiger partial charge is 0.336 e. The van der Waals surface area contributed by atoms with Crippen molar-refractivity contribution in [3.63, 3.8) is 0 Å². The normalized spacial score (nSPS) is 12.9. The van der Waals surface area contributed by atoms with Crippen LogP contribution in [0.5, 0.6) is 0 Å². The van der Waals surface area contributed by atoms with Gasteiger partial charge in [0.2, 0.25) is 5.57 Å². The van der Waals surface area contributed by atoms with E-state index < -0.39 is 7.37 Å². The van der Waals surface area contributed by atoms with E-state index in [0.29, 0.717) is 22.2 Å². The Morgan fingerprint density at radius 2 is 1.52 bits per heavy atom. The third-order valence-corrected chi connectivity index (χ3v) is 6.31. The van der Waals surface area contributed by atoms with Gasteiger partial charge in [-0.25, -0.2) is 4.98 Å². The maximum absolute atomic E-state index is 13.1.